The molecule has 0 saturated carbocycles. The minimum absolute atomic E-state index is 0.0621. The molecule has 1 aromatic heterocycles. The Kier molecular flexibility index (Phi) is 9.97. The molecule has 0 bridgehead atoms. The van der Waals surface area contributed by atoms with Gasteiger partial charge >= 0.3 is 0 Å². The predicted octanol–water partition coefficient (Wildman–Crippen LogP) is 3.70. The van der Waals surface area contributed by atoms with Crippen molar-refractivity contribution in [3.8, 4) is 5.75 Å². The SMILES string of the molecule is CC.CN(C)C.O=Cc1scc(Nc2c(NCc3cc(F)cc(F)c3)c(=O)c2=O)c1O. The first-order valence-corrected chi connectivity index (χ1v) is 10.2. The van der Waals surface area contributed by atoms with Crippen LogP contribution in [0.5, 0.6) is 5.75 Å². The molecule has 0 fully saturated rings. The molecule has 7 nitrogen and oxygen atoms in total. The molecule has 0 aliphatic rings. The smallest absolute Gasteiger partial charge is 0.253 e. The number of nitrogens with one attached hydrogen (secondary N) is 2. The molecule has 0 amide bonds. The van der Waals surface area contributed by atoms with Crippen molar-refractivity contribution in [1.29, 1.82) is 0 Å². The second-order valence-corrected chi connectivity index (χ2v) is 7.40. The van der Waals surface area contributed by atoms with Crippen LogP contribution in [0.3, 0.4) is 0 Å². The summed E-state index contributed by atoms with van der Waals surface area (Å²) in [5, 5.41) is 16.5. The number of nitrogens with zero attached hydrogens (tertiary/aromatic N) is 1. The van der Waals surface area contributed by atoms with Gasteiger partial charge in [-0.25, -0.2) is 8.78 Å². The number of rotatable bonds is 6. The molecule has 10 heteroatoms. The summed E-state index contributed by atoms with van der Waals surface area (Å²) < 4.78 is 26.3. The van der Waals surface area contributed by atoms with Crippen LogP contribution in [0.15, 0.2) is 33.2 Å². The van der Waals surface area contributed by atoms with Crippen LogP contribution in [0.25, 0.3) is 0 Å². The van der Waals surface area contributed by atoms with E-state index in [1.165, 1.54) is 5.38 Å². The Hall–Kier alpha value is -3.11. The molecule has 3 rings (SSSR count). The summed E-state index contributed by atoms with van der Waals surface area (Å²) in [7, 11) is 6.00. The number of carbonyl (C=O) groups excluding carboxylic acids is 1. The minimum Gasteiger partial charge on any atom is -0.504 e. The number of carbonyl (C=O) groups is 1. The van der Waals surface area contributed by atoms with Crippen LogP contribution in [-0.2, 0) is 6.54 Å². The van der Waals surface area contributed by atoms with E-state index >= 15 is 0 Å². The summed E-state index contributed by atoms with van der Waals surface area (Å²) in [6, 6.07) is 2.91. The highest BCUT2D eigenvalue weighted by Gasteiger charge is 2.22. The molecule has 0 saturated heterocycles. The summed E-state index contributed by atoms with van der Waals surface area (Å²) in [6.45, 7) is 3.92. The van der Waals surface area contributed by atoms with E-state index in [9.17, 15) is 28.3 Å². The van der Waals surface area contributed by atoms with E-state index in [2.05, 4.69) is 10.6 Å². The molecule has 3 N–H and O–H groups in total. The van der Waals surface area contributed by atoms with Gasteiger partial charge in [0.25, 0.3) is 10.9 Å². The number of hydrogen-bond acceptors (Lipinski definition) is 8. The van der Waals surface area contributed by atoms with Gasteiger partial charge in [-0.2, -0.15) is 0 Å². The van der Waals surface area contributed by atoms with Crippen LogP contribution in [-0.4, -0.2) is 37.4 Å². The normalized spacial score (nSPS) is 10.1. The average Bonchev–Trinajstić information content (AvgIpc) is 3.06. The van der Waals surface area contributed by atoms with Crippen LogP contribution >= 0.6 is 11.3 Å². The van der Waals surface area contributed by atoms with Crippen LogP contribution in [0.1, 0.15) is 29.1 Å². The van der Waals surface area contributed by atoms with Crippen LogP contribution < -0.4 is 21.5 Å². The Labute approximate surface area is 182 Å². The number of thiophene rings is 1. The number of hydrogen-bond donors (Lipinski definition) is 3. The van der Waals surface area contributed by atoms with Gasteiger partial charge in [0.2, 0.25) is 0 Å². The topological polar surface area (TPSA) is 98.7 Å². The van der Waals surface area contributed by atoms with E-state index in [1.54, 1.807) is 0 Å². The van der Waals surface area contributed by atoms with E-state index in [0.29, 0.717) is 6.29 Å². The van der Waals surface area contributed by atoms with Crippen molar-refractivity contribution < 1.29 is 18.7 Å². The largest absolute Gasteiger partial charge is 0.504 e. The summed E-state index contributed by atoms with van der Waals surface area (Å²) in [4.78, 5) is 36.2. The Balaban J connectivity index is 0.000000720. The molecule has 0 radical (unpaired) electrons. The van der Waals surface area contributed by atoms with Gasteiger partial charge in [0.15, 0.2) is 12.0 Å². The standard InChI is InChI=1S/C16H10F2N2O4S.C3H9N.C2H6/c17-8-1-7(2-9(18)3-8)4-19-12-13(16(24)15(12)23)20-10-6-25-11(5-21)14(10)22;1-4(2)3;1-2/h1-3,5-6,19-20,22H,4H2;1-3H3;1-2H3. The third-order valence-electron chi connectivity index (χ3n) is 3.46. The molecular weight excluding hydrogens is 428 g/mol. The Morgan fingerprint density at radius 2 is 1.55 bits per heavy atom. The maximum atomic E-state index is 13.2. The second-order valence-electron chi connectivity index (χ2n) is 6.49. The summed E-state index contributed by atoms with van der Waals surface area (Å²) >= 11 is 0.966. The zero-order valence-corrected chi connectivity index (χ0v) is 18.7. The van der Waals surface area contributed by atoms with Gasteiger partial charge in [-0.3, -0.25) is 14.4 Å². The molecule has 31 heavy (non-hydrogen) atoms. The van der Waals surface area contributed by atoms with Gasteiger partial charge in [0.05, 0.1) is 5.69 Å². The molecule has 0 atom stereocenters. The molecule has 0 aliphatic carbocycles. The van der Waals surface area contributed by atoms with Crippen molar-refractivity contribution in [3.63, 3.8) is 0 Å². The van der Waals surface area contributed by atoms with Gasteiger partial charge in [0, 0.05) is 18.0 Å². The van der Waals surface area contributed by atoms with Crippen LogP contribution in [0.4, 0.5) is 25.8 Å². The number of benzene rings is 1. The summed E-state index contributed by atoms with van der Waals surface area (Å²) in [5.41, 5.74) is -1.38. The first kappa shape index (κ1) is 25.9. The highest BCUT2D eigenvalue weighted by atomic mass is 32.1. The van der Waals surface area contributed by atoms with Gasteiger partial charge in [-0.1, -0.05) is 13.8 Å². The third kappa shape index (κ3) is 6.97. The molecule has 3 aromatic rings. The highest BCUT2D eigenvalue weighted by Crippen LogP contribution is 2.35. The number of halogens is 2. The second kappa shape index (κ2) is 11.9. The van der Waals surface area contributed by atoms with E-state index in [4.69, 9.17) is 0 Å². The number of anilines is 3. The molecule has 0 spiro atoms. The molecule has 168 valence electrons. The van der Waals surface area contributed by atoms with E-state index < -0.39 is 22.5 Å². The Morgan fingerprint density at radius 3 is 2.03 bits per heavy atom. The van der Waals surface area contributed by atoms with Crippen molar-refractivity contribution in [3.05, 3.63) is 66.1 Å². The van der Waals surface area contributed by atoms with E-state index in [-0.39, 0.29) is 39.8 Å². The Morgan fingerprint density at radius 1 is 1.03 bits per heavy atom. The van der Waals surface area contributed by atoms with Crippen molar-refractivity contribution in [2.75, 3.05) is 31.8 Å². The van der Waals surface area contributed by atoms with Crippen LogP contribution in [0, 0.1) is 11.6 Å². The number of aromatic hydroxyl groups is 1. The summed E-state index contributed by atoms with van der Waals surface area (Å²) in [5.74, 6) is -1.85. The quantitative estimate of drug-likeness (QED) is 0.387. The maximum Gasteiger partial charge on any atom is 0.253 e. The zero-order valence-electron chi connectivity index (χ0n) is 17.9. The fraction of sp³-hybridized carbons (Fsp3) is 0.286. The van der Waals surface area contributed by atoms with Gasteiger partial charge in [-0.15, -0.1) is 11.3 Å². The lowest BCUT2D eigenvalue weighted by molar-refractivity contribution is 0.112. The molecule has 0 aliphatic heterocycles. The molecule has 2 aromatic carbocycles. The van der Waals surface area contributed by atoms with Crippen LogP contribution in [0.2, 0.25) is 0 Å². The fourth-order valence-electron chi connectivity index (χ4n) is 2.26. The lowest BCUT2D eigenvalue weighted by atomic mass is 10.1. The molecule has 0 unspecified atom stereocenters. The maximum absolute atomic E-state index is 13.2. The zero-order chi connectivity index (χ0) is 23.7. The lowest BCUT2D eigenvalue weighted by Gasteiger charge is -2.14. The van der Waals surface area contributed by atoms with Gasteiger partial charge < -0.3 is 20.6 Å². The minimum atomic E-state index is -0.800. The predicted molar refractivity (Wildman–Crippen MR) is 121 cm³/mol. The lowest BCUT2D eigenvalue weighted by Crippen LogP contribution is -2.36. The highest BCUT2D eigenvalue weighted by molar-refractivity contribution is 7.12. The van der Waals surface area contributed by atoms with Gasteiger partial charge in [-0.05, 0) is 38.8 Å². The van der Waals surface area contributed by atoms with Crippen molar-refractivity contribution >= 4 is 34.7 Å². The van der Waals surface area contributed by atoms with Gasteiger partial charge in [0.1, 0.15) is 27.9 Å². The average molecular weight is 454 g/mol. The summed E-state index contributed by atoms with van der Waals surface area (Å²) in [6.07, 6.45) is 0.463. The van der Waals surface area contributed by atoms with Crippen molar-refractivity contribution in [1.82, 2.24) is 4.90 Å². The Bertz CT molecular complexity index is 1070. The first-order chi connectivity index (χ1) is 14.6. The van der Waals surface area contributed by atoms with E-state index in [1.807, 2.05) is 39.9 Å². The van der Waals surface area contributed by atoms with E-state index in [0.717, 1.165) is 29.5 Å². The monoisotopic (exact) mass is 453 g/mol. The molecule has 1 heterocycles. The number of aldehydes is 1. The fourth-order valence-corrected chi connectivity index (χ4v) is 2.95. The van der Waals surface area contributed by atoms with Crippen molar-refractivity contribution in [2.45, 2.75) is 20.4 Å². The first-order valence-electron chi connectivity index (χ1n) is 9.29. The third-order valence-corrected chi connectivity index (χ3v) is 4.36. The molecular formula is C21H25F2N3O4S. The van der Waals surface area contributed by atoms with Crippen molar-refractivity contribution in [2.24, 2.45) is 0 Å².